The van der Waals surface area contributed by atoms with Gasteiger partial charge in [0.25, 0.3) is 5.90 Å². The molecule has 0 amide bonds. The Morgan fingerprint density at radius 1 is 1.25 bits per heavy atom. The lowest BCUT2D eigenvalue weighted by Crippen LogP contribution is -2.36. The Morgan fingerprint density at radius 2 is 1.67 bits per heavy atom. The van der Waals surface area contributed by atoms with Crippen molar-refractivity contribution in [3.05, 3.63) is 0 Å². The molecule has 12 heavy (non-hydrogen) atoms. The molecule has 0 fully saturated rings. The topological polar surface area (TPSA) is 21.6 Å². The van der Waals surface area contributed by atoms with Crippen molar-refractivity contribution in [2.24, 2.45) is 4.99 Å². The van der Waals surface area contributed by atoms with E-state index in [2.05, 4.69) is 4.99 Å². The van der Waals surface area contributed by atoms with Crippen molar-refractivity contribution in [3.63, 3.8) is 0 Å². The highest BCUT2D eigenvalue weighted by Gasteiger charge is 2.40. The third kappa shape index (κ3) is 4.37. The largest absolute Gasteiger partial charge is 0.528 e. The van der Waals surface area contributed by atoms with Crippen LogP contribution in [0.4, 0.5) is 13.2 Å². The van der Waals surface area contributed by atoms with Crippen LogP contribution < -0.4 is 0 Å². The van der Waals surface area contributed by atoms with Crippen LogP contribution in [0.15, 0.2) is 4.99 Å². The van der Waals surface area contributed by atoms with Gasteiger partial charge >= 0.3 is 6.18 Å². The van der Waals surface area contributed by atoms with Gasteiger partial charge in [0.05, 0.1) is 0 Å². The predicted molar refractivity (Wildman–Crippen MR) is 43.8 cm³/mol. The highest BCUT2D eigenvalue weighted by molar-refractivity contribution is 6.71. The van der Waals surface area contributed by atoms with E-state index in [1.807, 2.05) is 0 Å². The Balaban J connectivity index is 4.43. The standard InChI is InChI=1S/C6H12F3NOSi/c1-10-5(6(7,8)9)11-12(2,3)4/h1-4H3. The van der Waals surface area contributed by atoms with E-state index in [9.17, 15) is 13.2 Å². The minimum Gasteiger partial charge on any atom is -0.528 e. The van der Waals surface area contributed by atoms with Gasteiger partial charge in [-0.05, 0) is 19.6 Å². The first-order valence-corrected chi connectivity index (χ1v) is 6.80. The van der Waals surface area contributed by atoms with Gasteiger partial charge in [-0.15, -0.1) is 0 Å². The maximum atomic E-state index is 12.0. The lowest BCUT2D eigenvalue weighted by Gasteiger charge is -2.21. The first kappa shape index (κ1) is 11.5. The molecular weight excluding hydrogens is 187 g/mol. The second kappa shape index (κ2) is 3.47. The van der Waals surface area contributed by atoms with Gasteiger partial charge in [-0.3, -0.25) is 4.99 Å². The number of hydrogen-bond acceptors (Lipinski definition) is 2. The van der Waals surface area contributed by atoms with Crippen molar-refractivity contribution in [1.29, 1.82) is 0 Å². The SMILES string of the molecule is CN=C(O[Si](C)(C)C)C(F)(F)F. The van der Waals surface area contributed by atoms with Crippen LogP contribution in [0.3, 0.4) is 0 Å². The zero-order valence-electron chi connectivity index (χ0n) is 7.49. The van der Waals surface area contributed by atoms with Gasteiger partial charge in [-0.2, -0.15) is 13.2 Å². The number of halogens is 3. The zero-order chi connectivity index (χ0) is 9.99. The Kier molecular flexibility index (Phi) is 3.31. The smallest absolute Gasteiger partial charge is 0.466 e. The van der Waals surface area contributed by atoms with Crippen molar-refractivity contribution in [2.75, 3.05) is 7.05 Å². The Labute approximate surface area is 70.6 Å². The van der Waals surface area contributed by atoms with E-state index in [4.69, 9.17) is 4.43 Å². The summed E-state index contributed by atoms with van der Waals surface area (Å²) in [5, 5.41) is 0. The molecule has 0 saturated carbocycles. The Hall–Kier alpha value is -0.523. The summed E-state index contributed by atoms with van der Waals surface area (Å²) >= 11 is 0. The van der Waals surface area contributed by atoms with E-state index in [1.54, 1.807) is 19.6 Å². The molecule has 0 aromatic heterocycles. The molecular formula is C6H12F3NOSi. The second-order valence-corrected chi connectivity index (χ2v) is 7.67. The monoisotopic (exact) mass is 199 g/mol. The summed E-state index contributed by atoms with van der Waals surface area (Å²) in [7, 11) is -1.13. The molecule has 0 bridgehead atoms. The van der Waals surface area contributed by atoms with Crippen molar-refractivity contribution in [3.8, 4) is 0 Å². The summed E-state index contributed by atoms with van der Waals surface area (Å²) < 4.78 is 40.8. The molecule has 0 rings (SSSR count). The molecule has 0 aromatic rings. The molecule has 0 heterocycles. The maximum Gasteiger partial charge on any atom is 0.466 e. The van der Waals surface area contributed by atoms with Crippen molar-refractivity contribution in [1.82, 2.24) is 0 Å². The van der Waals surface area contributed by atoms with Crippen LogP contribution in [0.2, 0.25) is 19.6 Å². The van der Waals surface area contributed by atoms with E-state index in [0.29, 0.717) is 0 Å². The average Bonchev–Trinajstić information content (AvgIpc) is 1.78. The molecule has 0 aliphatic heterocycles. The molecule has 72 valence electrons. The summed E-state index contributed by atoms with van der Waals surface area (Å²) in [6.07, 6.45) is -4.46. The molecule has 0 aliphatic rings. The van der Waals surface area contributed by atoms with Crippen LogP contribution in [0.25, 0.3) is 0 Å². The highest BCUT2D eigenvalue weighted by Crippen LogP contribution is 2.20. The van der Waals surface area contributed by atoms with Crippen molar-refractivity contribution >= 4 is 14.2 Å². The lowest BCUT2D eigenvalue weighted by molar-refractivity contribution is -0.0716. The Bertz CT molecular complexity index is 182. The number of aliphatic imine (C=N–C) groups is 1. The van der Waals surface area contributed by atoms with Gasteiger partial charge in [0, 0.05) is 7.05 Å². The molecule has 0 saturated heterocycles. The maximum absolute atomic E-state index is 12.0. The molecule has 0 radical (unpaired) electrons. The summed E-state index contributed by atoms with van der Waals surface area (Å²) in [5.41, 5.74) is 0. The molecule has 6 heteroatoms. The molecule has 0 unspecified atom stereocenters. The van der Waals surface area contributed by atoms with E-state index in [0.717, 1.165) is 7.05 Å². The van der Waals surface area contributed by atoms with E-state index < -0.39 is 20.4 Å². The summed E-state index contributed by atoms with van der Waals surface area (Å²) in [4.78, 5) is 3.05. The van der Waals surface area contributed by atoms with Crippen LogP contribution in [0.1, 0.15) is 0 Å². The van der Waals surface area contributed by atoms with Crippen LogP contribution in [-0.2, 0) is 4.43 Å². The summed E-state index contributed by atoms with van der Waals surface area (Å²) in [6, 6.07) is 0. The molecule has 0 atom stereocenters. The molecule has 0 N–H and O–H groups in total. The van der Waals surface area contributed by atoms with E-state index in [1.165, 1.54) is 0 Å². The van der Waals surface area contributed by atoms with Crippen LogP contribution >= 0.6 is 0 Å². The number of hydrogen-bond donors (Lipinski definition) is 0. The second-order valence-electron chi connectivity index (χ2n) is 3.24. The third-order valence-corrected chi connectivity index (χ3v) is 1.65. The van der Waals surface area contributed by atoms with Crippen LogP contribution in [0.5, 0.6) is 0 Å². The molecule has 0 spiro atoms. The van der Waals surface area contributed by atoms with Crippen LogP contribution in [0, 0.1) is 0 Å². The normalized spacial score (nSPS) is 14.8. The summed E-state index contributed by atoms with van der Waals surface area (Å²) in [5.74, 6) is -1.12. The Morgan fingerprint density at radius 3 is 1.75 bits per heavy atom. The summed E-state index contributed by atoms with van der Waals surface area (Å²) in [6.45, 7) is 5.01. The highest BCUT2D eigenvalue weighted by atomic mass is 28.4. The van der Waals surface area contributed by atoms with Crippen LogP contribution in [-0.4, -0.2) is 27.4 Å². The van der Waals surface area contributed by atoms with E-state index >= 15 is 0 Å². The third-order valence-electron chi connectivity index (χ3n) is 0.848. The first-order valence-electron chi connectivity index (χ1n) is 3.40. The molecule has 2 nitrogen and oxygen atoms in total. The van der Waals surface area contributed by atoms with Gasteiger partial charge in [-0.1, -0.05) is 0 Å². The zero-order valence-corrected chi connectivity index (χ0v) is 8.49. The fourth-order valence-corrected chi connectivity index (χ4v) is 1.31. The lowest BCUT2D eigenvalue weighted by atomic mass is 10.6. The number of nitrogens with zero attached hydrogens (tertiary/aromatic N) is 1. The average molecular weight is 199 g/mol. The quantitative estimate of drug-likeness (QED) is 0.361. The number of rotatable bonds is 1. The fraction of sp³-hybridized carbons (Fsp3) is 0.833. The minimum atomic E-state index is -4.46. The van der Waals surface area contributed by atoms with Crippen molar-refractivity contribution in [2.45, 2.75) is 25.8 Å². The van der Waals surface area contributed by atoms with Gasteiger partial charge in [-0.25, -0.2) is 0 Å². The molecule has 0 aliphatic carbocycles. The van der Waals surface area contributed by atoms with Gasteiger partial charge in [0.1, 0.15) is 0 Å². The van der Waals surface area contributed by atoms with Gasteiger partial charge in [0.2, 0.25) is 8.32 Å². The van der Waals surface area contributed by atoms with Gasteiger partial charge in [0.15, 0.2) is 0 Å². The van der Waals surface area contributed by atoms with Crippen molar-refractivity contribution < 1.29 is 17.6 Å². The first-order chi connectivity index (χ1) is 5.17. The minimum absolute atomic E-state index is 1.07. The fourth-order valence-electron chi connectivity index (χ4n) is 0.520. The van der Waals surface area contributed by atoms with Gasteiger partial charge < -0.3 is 4.43 Å². The molecule has 0 aromatic carbocycles. The number of alkyl halides is 3. The van der Waals surface area contributed by atoms with E-state index in [-0.39, 0.29) is 0 Å². The predicted octanol–water partition coefficient (Wildman–Crippen LogP) is 2.43.